The molecule has 2 radical (unpaired) electrons. The zero-order valence-electron chi connectivity index (χ0n) is 16.7. The molecule has 3 atom stereocenters. The van der Waals surface area contributed by atoms with Gasteiger partial charge in [0.25, 0.3) is 0 Å². The Balaban J connectivity index is -0.000000396. The van der Waals surface area contributed by atoms with Crippen molar-refractivity contribution in [3.05, 3.63) is 84.3 Å². The molecule has 156 valence electrons. The van der Waals surface area contributed by atoms with Gasteiger partial charge in [-0.1, -0.05) is 6.54 Å². The average molecular weight is 552 g/mol. The molecular weight excluding hydrogens is 526 g/mol. The summed E-state index contributed by atoms with van der Waals surface area (Å²) in [5.74, 6) is -1.23. The number of aliphatic carboxylic acids is 1. The molecule has 0 bridgehead atoms. The maximum absolute atomic E-state index is 10.8. The van der Waals surface area contributed by atoms with E-state index in [0.29, 0.717) is 0 Å². The summed E-state index contributed by atoms with van der Waals surface area (Å²) in [5.41, 5.74) is 14.1. The van der Waals surface area contributed by atoms with Crippen LogP contribution in [0.4, 0.5) is 0 Å². The number of rotatable bonds is 8. The van der Waals surface area contributed by atoms with Crippen molar-refractivity contribution in [1.29, 1.82) is 0 Å². The van der Waals surface area contributed by atoms with Crippen molar-refractivity contribution < 1.29 is 89.5 Å². The van der Waals surface area contributed by atoms with Gasteiger partial charge in [-0.25, -0.2) is 4.79 Å². The predicted octanol–water partition coefficient (Wildman–Crippen LogP) is 3.52. The van der Waals surface area contributed by atoms with Gasteiger partial charge >= 0.3 is 5.97 Å². The maximum atomic E-state index is 10.8. The van der Waals surface area contributed by atoms with Gasteiger partial charge in [-0.05, 0) is 0 Å². The Morgan fingerprint density at radius 1 is 0.862 bits per heavy atom. The van der Waals surface area contributed by atoms with Gasteiger partial charge in [-0.3, -0.25) is 0 Å². The first-order valence-corrected chi connectivity index (χ1v) is 8.15. The van der Waals surface area contributed by atoms with Gasteiger partial charge in [-0.2, -0.15) is 72.8 Å². The second-order valence-electron chi connectivity index (χ2n) is 4.90. The molecule has 0 amide bonds. The fraction of sp³-hybridized carbons (Fsp3) is 0.350. The van der Waals surface area contributed by atoms with Crippen molar-refractivity contribution in [3.8, 4) is 0 Å². The second kappa shape index (κ2) is 24.2. The monoisotopic (exact) mass is 552 g/mol. The summed E-state index contributed by atoms with van der Waals surface area (Å²) in [6.07, 6.45) is -3.08. The zero-order valence-corrected chi connectivity index (χ0v) is 22.3. The molecule has 2 aromatic rings. The third-order valence-corrected chi connectivity index (χ3v) is 3.03. The molecule has 2 rings (SSSR count). The van der Waals surface area contributed by atoms with Crippen LogP contribution < -0.4 is 0 Å². The SMILES string of the molecule is COC(C[NH-])OC(C(=O)O)C(C[NH-])OC.[Y].[Y].[c-]1ccccc1.[c-]1ccccc1. The van der Waals surface area contributed by atoms with Crippen molar-refractivity contribution in [2.45, 2.75) is 18.5 Å². The molecule has 0 heterocycles. The molecule has 7 nitrogen and oxygen atoms in total. The molecule has 29 heavy (non-hydrogen) atoms. The van der Waals surface area contributed by atoms with Crippen LogP contribution in [0.5, 0.6) is 0 Å². The van der Waals surface area contributed by atoms with Crippen LogP contribution in [0.1, 0.15) is 0 Å². The molecule has 0 aliphatic carbocycles. The minimum absolute atomic E-state index is 0. The Hall–Kier alpha value is -0.0822. The number of benzene rings is 2. The Morgan fingerprint density at radius 3 is 1.48 bits per heavy atom. The first-order chi connectivity index (χ1) is 13.1. The number of carbonyl (C=O) groups is 1. The zero-order chi connectivity index (χ0) is 20.3. The van der Waals surface area contributed by atoms with E-state index in [2.05, 4.69) is 12.1 Å². The molecule has 3 unspecified atom stereocenters. The van der Waals surface area contributed by atoms with Crippen LogP contribution in [0.15, 0.2) is 60.7 Å². The Labute approximate surface area is 223 Å². The third kappa shape index (κ3) is 18.4. The van der Waals surface area contributed by atoms with Crippen molar-refractivity contribution in [1.82, 2.24) is 0 Å². The van der Waals surface area contributed by atoms with Crippen LogP contribution in [-0.4, -0.2) is 56.9 Å². The van der Waals surface area contributed by atoms with Crippen molar-refractivity contribution in [2.75, 3.05) is 27.3 Å². The number of hydrogen-bond acceptors (Lipinski definition) is 4. The van der Waals surface area contributed by atoms with Crippen molar-refractivity contribution in [3.63, 3.8) is 0 Å². The van der Waals surface area contributed by atoms with E-state index in [1.807, 2.05) is 60.7 Å². The second-order valence-corrected chi connectivity index (χ2v) is 4.90. The molecule has 3 N–H and O–H groups in total. The predicted molar refractivity (Wildman–Crippen MR) is 103 cm³/mol. The van der Waals surface area contributed by atoms with Crippen LogP contribution in [0, 0.1) is 12.1 Å². The summed E-state index contributed by atoms with van der Waals surface area (Å²) in [6.45, 7) is -0.448. The smallest absolute Gasteiger partial charge is 0.335 e. The molecule has 0 aliphatic rings. The molecule has 2 aromatic carbocycles. The average Bonchev–Trinajstić information content (AvgIpc) is 2.74. The Kier molecular flexibility index (Phi) is 28.0. The van der Waals surface area contributed by atoms with Gasteiger partial charge in [0.15, 0.2) is 6.10 Å². The van der Waals surface area contributed by atoms with E-state index in [1.165, 1.54) is 14.2 Å². The van der Waals surface area contributed by atoms with Crippen molar-refractivity contribution >= 4 is 5.97 Å². The Morgan fingerprint density at radius 2 is 1.31 bits per heavy atom. The van der Waals surface area contributed by atoms with Gasteiger partial charge in [-0.15, -0.1) is 6.54 Å². The first kappa shape index (κ1) is 33.6. The largest absolute Gasteiger partial charge is 0.675 e. The quantitative estimate of drug-likeness (QED) is 0.398. The fourth-order valence-corrected chi connectivity index (χ4v) is 1.65. The van der Waals surface area contributed by atoms with Gasteiger partial charge < -0.3 is 30.8 Å². The summed E-state index contributed by atoms with van der Waals surface area (Å²) in [5, 5.41) is 8.84. The van der Waals surface area contributed by atoms with Crippen LogP contribution in [0.25, 0.3) is 11.5 Å². The normalized spacial score (nSPS) is 12.1. The molecule has 9 heteroatoms. The minimum Gasteiger partial charge on any atom is -0.675 e. The molecular formula is C20H26N2O5Y2-4. The number of ether oxygens (including phenoxy) is 3. The summed E-state index contributed by atoms with van der Waals surface area (Å²) in [6, 6.07) is 25.0. The maximum Gasteiger partial charge on any atom is 0.335 e. The van der Waals surface area contributed by atoms with E-state index in [4.69, 9.17) is 30.8 Å². The molecule has 0 aliphatic heterocycles. The van der Waals surface area contributed by atoms with E-state index in [9.17, 15) is 4.79 Å². The van der Waals surface area contributed by atoms with Crippen LogP contribution in [0.2, 0.25) is 0 Å². The van der Waals surface area contributed by atoms with Gasteiger partial charge in [0.2, 0.25) is 0 Å². The molecule has 0 spiro atoms. The minimum atomic E-state index is -1.29. The van der Waals surface area contributed by atoms with Crippen LogP contribution in [-0.2, 0) is 84.4 Å². The van der Waals surface area contributed by atoms with E-state index < -0.39 is 24.5 Å². The third-order valence-electron chi connectivity index (χ3n) is 3.03. The summed E-state index contributed by atoms with van der Waals surface area (Å²) >= 11 is 0. The van der Waals surface area contributed by atoms with Gasteiger partial charge in [0.1, 0.15) is 6.29 Å². The van der Waals surface area contributed by atoms with E-state index in [-0.39, 0.29) is 78.5 Å². The van der Waals surface area contributed by atoms with E-state index in [1.54, 1.807) is 0 Å². The van der Waals surface area contributed by atoms with E-state index >= 15 is 0 Å². The van der Waals surface area contributed by atoms with Crippen LogP contribution in [0.3, 0.4) is 0 Å². The molecule has 0 saturated heterocycles. The standard InChI is InChI=1S/C8H16N2O5.2C6H5.2Y/c1-13-5(3-9)7(8(11)12)15-6(4-10)14-2;2*1-2-4-6-5-3-1;;/h5-7,9-10H,3-4H2,1-2H3,(H,11,12);2*1-5H;;/q-2;2*-1;;. The molecule has 0 fully saturated rings. The number of hydrogen-bond donors (Lipinski definition) is 1. The Bertz CT molecular complexity index is 474. The number of methoxy groups -OCH3 is 2. The molecule has 0 aromatic heterocycles. The van der Waals surface area contributed by atoms with E-state index in [0.717, 1.165) is 0 Å². The summed E-state index contributed by atoms with van der Waals surface area (Å²) in [7, 11) is 2.63. The summed E-state index contributed by atoms with van der Waals surface area (Å²) in [4.78, 5) is 10.8. The topological polar surface area (TPSA) is 113 Å². The van der Waals surface area contributed by atoms with Gasteiger partial charge in [0, 0.05) is 79.6 Å². The fourth-order valence-electron chi connectivity index (χ4n) is 1.65. The number of nitrogens with one attached hydrogen (secondary N) is 2. The van der Waals surface area contributed by atoms with Crippen molar-refractivity contribution in [2.24, 2.45) is 0 Å². The number of carboxylic acid groups (broad SMARTS) is 1. The van der Waals surface area contributed by atoms with Gasteiger partial charge in [0.05, 0.1) is 6.10 Å². The first-order valence-electron chi connectivity index (χ1n) is 8.15. The molecule has 0 saturated carbocycles. The van der Waals surface area contributed by atoms with Crippen LogP contribution >= 0.6 is 0 Å². The summed E-state index contributed by atoms with van der Waals surface area (Å²) < 4.78 is 14.5. The number of carboxylic acids is 1.